The summed E-state index contributed by atoms with van der Waals surface area (Å²) in [5.74, 6) is 1.14. The molecule has 0 aromatic heterocycles. The predicted molar refractivity (Wildman–Crippen MR) is 117 cm³/mol. The Kier molecular flexibility index (Phi) is 6.57. The summed E-state index contributed by atoms with van der Waals surface area (Å²) in [4.78, 5) is 24.5. The molecule has 3 rings (SSSR count). The highest BCUT2D eigenvalue weighted by atomic mass is 16.5. The van der Waals surface area contributed by atoms with Gasteiger partial charge in [0.15, 0.2) is 6.61 Å². The monoisotopic (exact) mass is 394 g/mol. The third-order valence-electron chi connectivity index (χ3n) is 5.06. The predicted octanol–water partition coefficient (Wildman–Crippen LogP) is 5.30. The van der Waals surface area contributed by atoms with Crippen LogP contribution in [0.3, 0.4) is 0 Å². The molecule has 0 saturated heterocycles. The summed E-state index contributed by atoms with van der Waals surface area (Å²) in [6.45, 7) is 8.38. The van der Waals surface area contributed by atoms with Gasteiger partial charge in [0.25, 0.3) is 5.91 Å². The molecule has 2 amide bonds. The molecule has 29 heavy (non-hydrogen) atoms. The zero-order chi connectivity index (χ0) is 21.0. The summed E-state index contributed by atoms with van der Waals surface area (Å²) in [6, 6.07) is 13.3. The Bertz CT molecular complexity index is 859. The number of hydrogen-bond donors (Lipinski definition) is 2. The number of amides is 2. The minimum Gasteiger partial charge on any atom is -0.484 e. The van der Waals surface area contributed by atoms with Gasteiger partial charge >= 0.3 is 0 Å². The maximum absolute atomic E-state index is 12.6. The Morgan fingerprint density at radius 3 is 2.17 bits per heavy atom. The quantitative estimate of drug-likeness (QED) is 0.638. The van der Waals surface area contributed by atoms with E-state index in [0.717, 1.165) is 29.7 Å². The average Bonchev–Trinajstić information content (AvgIpc) is 3.52. The zero-order valence-electron chi connectivity index (χ0n) is 17.6. The summed E-state index contributed by atoms with van der Waals surface area (Å²) < 4.78 is 5.68. The molecule has 1 saturated carbocycles. The Hall–Kier alpha value is -2.82. The van der Waals surface area contributed by atoms with Crippen molar-refractivity contribution >= 4 is 23.2 Å². The molecule has 2 N–H and O–H groups in total. The van der Waals surface area contributed by atoms with Crippen LogP contribution >= 0.6 is 0 Å². The molecule has 1 aliphatic rings. The molecule has 0 heterocycles. The highest BCUT2D eigenvalue weighted by molar-refractivity contribution is 5.95. The van der Waals surface area contributed by atoms with Gasteiger partial charge in [-0.3, -0.25) is 9.59 Å². The lowest BCUT2D eigenvalue weighted by Gasteiger charge is -2.20. The summed E-state index contributed by atoms with van der Waals surface area (Å²) in [5, 5.41) is 5.94. The summed E-state index contributed by atoms with van der Waals surface area (Å²) in [6.07, 6.45) is 1.91. The Labute approximate surface area is 172 Å². The molecule has 0 atom stereocenters. The lowest BCUT2D eigenvalue weighted by Crippen LogP contribution is -2.22. The van der Waals surface area contributed by atoms with E-state index in [-0.39, 0.29) is 24.3 Å². The maximum Gasteiger partial charge on any atom is 0.262 e. The number of nitrogens with one attached hydrogen (secondary N) is 2. The van der Waals surface area contributed by atoms with Gasteiger partial charge in [0, 0.05) is 23.4 Å². The number of hydrogen-bond acceptors (Lipinski definition) is 3. The van der Waals surface area contributed by atoms with Crippen molar-refractivity contribution in [3.05, 3.63) is 53.6 Å². The van der Waals surface area contributed by atoms with Gasteiger partial charge in [-0.2, -0.15) is 0 Å². The topological polar surface area (TPSA) is 67.4 Å². The second-order valence-corrected chi connectivity index (χ2v) is 8.25. The molecule has 5 heteroatoms. The van der Waals surface area contributed by atoms with Crippen LogP contribution in [0.5, 0.6) is 5.75 Å². The molecule has 1 aliphatic carbocycles. The van der Waals surface area contributed by atoms with E-state index in [4.69, 9.17) is 4.74 Å². The summed E-state index contributed by atoms with van der Waals surface area (Å²) in [7, 11) is 0. The molecule has 2 aromatic rings. The van der Waals surface area contributed by atoms with Crippen LogP contribution in [0, 0.1) is 5.92 Å². The molecule has 2 aromatic carbocycles. The van der Waals surface area contributed by atoms with Crippen molar-refractivity contribution in [1.82, 2.24) is 0 Å². The Balaban J connectivity index is 1.64. The highest BCUT2D eigenvalue weighted by Crippen LogP contribution is 2.32. The number of carbonyl (C=O) groups is 2. The fourth-order valence-electron chi connectivity index (χ4n) is 3.27. The van der Waals surface area contributed by atoms with Crippen LogP contribution in [0.25, 0.3) is 0 Å². The van der Waals surface area contributed by atoms with E-state index >= 15 is 0 Å². The molecule has 5 nitrogen and oxygen atoms in total. The van der Waals surface area contributed by atoms with Gasteiger partial charge in [0.05, 0.1) is 0 Å². The summed E-state index contributed by atoms with van der Waals surface area (Å²) in [5.41, 5.74) is 3.81. The van der Waals surface area contributed by atoms with E-state index in [9.17, 15) is 9.59 Å². The molecular formula is C24H30N2O3. The van der Waals surface area contributed by atoms with Crippen molar-refractivity contribution in [3.8, 4) is 5.75 Å². The number of para-hydroxylation sites is 1. The Morgan fingerprint density at radius 1 is 0.966 bits per heavy atom. The van der Waals surface area contributed by atoms with Gasteiger partial charge in [-0.25, -0.2) is 0 Å². The van der Waals surface area contributed by atoms with Crippen molar-refractivity contribution in [1.29, 1.82) is 0 Å². The fraction of sp³-hybridized carbons (Fsp3) is 0.417. The van der Waals surface area contributed by atoms with Crippen LogP contribution in [0.4, 0.5) is 11.4 Å². The SMILES string of the molecule is CC(C)c1cccc(C(C)C)c1NC(=O)COc1cccc(NC(=O)C2CC2)c1. The van der Waals surface area contributed by atoms with E-state index in [2.05, 4.69) is 50.5 Å². The van der Waals surface area contributed by atoms with Gasteiger partial charge in [-0.15, -0.1) is 0 Å². The smallest absolute Gasteiger partial charge is 0.262 e. The number of anilines is 2. The van der Waals surface area contributed by atoms with Gasteiger partial charge in [0.1, 0.15) is 5.75 Å². The second kappa shape index (κ2) is 9.12. The molecule has 0 radical (unpaired) electrons. The first-order valence-electron chi connectivity index (χ1n) is 10.3. The normalized spacial score (nSPS) is 13.4. The van der Waals surface area contributed by atoms with Crippen LogP contribution in [-0.4, -0.2) is 18.4 Å². The average molecular weight is 395 g/mol. The van der Waals surface area contributed by atoms with E-state index in [1.807, 2.05) is 12.1 Å². The van der Waals surface area contributed by atoms with E-state index < -0.39 is 0 Å². The first-order chi connectivity index (χ1) is 13.8. The second-order valence-electron chi connectivity index (χ2n) is 8.25. The number of benzene rings is 2. The van der Waals surface area contributed by atoms with E-state index in [1.165, 1.54) is 0 Å². The standard InChI is InChI=1S/C24H30N2O3/c1-15(2)20-9-6-10-21(16(3)4)23(20)26-22(27)14-29-19-8-5-7-18(13-19)25-24(28)17-11-12-17/h5-10,13,15-17H,11-12,14H2,1-4H3,(H,25,28)(H,26,27). The van der Waals surface area contributed by atoms with Crippen LogP contribution in [-0.2, 0) is 9.59 Å². The third-order valence-corrected chi connectivity index (χ3v) is 5.06. The molecule has 0 bridgehead atoms. The van der Waals surface area contributed by atoms with Crippen LogP contribution in [0.2, 0.25) is 0 Å². The van der Waals surface area contributed by atoms with Crippen LogP contribution in [0.1, 0.15) is 63.5 Å². The molecule has 0 aliphatic heterocycles. The zero-order valence-corrected chi connectivity index (χ0v) is 17.6. The van der Waals surface area contributed by atoms with Crippen LogP contribution in [0.15, 0.2) is 42.5 Å². The lowest BCUT2D eigenvalue weighted by atomic mass is 9.92. The molecular weight excluding hydrogens is 364 g/mol. The van der Waals surface area contributed by atoms with Crippen molar-refractivity contribution in [2.24, 2.45) is 5.92 Å². The van der Waals surface area contributed by atoms with Gasteiger partial charge < -0.3 is 15.4 Å². The van der Waals surface area contributed by atoms with Gasteiger partial charge in [-0.1, -0.05) is 52.0 Å². The molecule has 0 unspecified atom stereocenters. The Morgan fingerprint density at radius 2 is 1.59 bits per heavy atom. The van der Waals surface area contributed by atoms with Crippen molar-refractivity contribution in [2.45, 2.75) is 52.4 Å². The van der Waals surface area contributed by atoms with Gasteiger partial charge in [0.2, 0.25) is 5.91 Å². The first-order valence-corrected chi connectivity index (χ1v) is 10.3. The number of ether oxygens (including phenoxy) is 1. The minimum absolute atomic E-state index is 0.0476. The van der Waals surface area contributed by atoms with Crippen molar-refractivity contribution in [3.63, 3.8) is 0 Å². The van der Waals surface area contributed by atoms with E-state index in [1.54, 1.807) is 18.2 Å². The van der Waals surface area contributed by atoms with Crippen molar-refractivity contribution in [2.75, 3.05) is 17.2 Å². The maximum atomic E-state index is 12.6. The lowest BCUT2D eigenvalue weighted by molar-refractivity contribution is -0.118. The largest absolute Gasteiger partial charge is 0.484 e. The van der Waals surface area contributed by atoms with Gasteiger partial charge in [-0.05, 0) is 47.9 Å². The molecule has 1 fully saturated rings. The highest BCUT2D eigenvalue weighted by Gasteiger charge is 2.29. The first kappa shape index (κ1) is 20.9. The van der Waals surface area contributed by atoms with Crippen molar-refractivity contribution < 1.29 is 14.3 Å². The van der Waals surface area contributed by atoms with E-state index in [0.29, 0.717) is 23.3 Å². The fourth-order valence-corrected chi connectivity index (χ4v) is 3.27. The number of carbonyl (C=O) groups excluding carboxylic acids is 2. The minimum atomic E-state index is -0.201. The third kappa shape index (κ3) is 5.59. The molecule has 154 valence electrons. The van der Waals surface area contributed by atoms with Crippen LogP contribution < -0.4 is 15.4 Å². The molecule has 0 spiro atoms. The summed E-state index contributed by atoms with van der Waals surface area (Å²) >= 11 is 0. The number of rotatable bonds is 8.